The number of nitrogens with zero attached hydrogens (tertiary/aromatic N) is 4. The van der Waals surface area contributed by atoms with Crippen LogP contribution in [0.5, 0.6) is 5.75 Å². The highest BCUT2D eigenvalue weighted by Gasteiger charge is 2.24. The molecular formula is C19H18ClN5O4. The molecule has 1 amide bonds. The number of ether oxygens (including phenoxy) is 2. The highest BCUT2D eigenvalue weighted by atomic mass is 35.5. The van der Waals surface area contributed by atoms with E-state index in [0.29, 0.717) is 22.9 Å². The molecule has 0 saturated carbocycles. The van der Waals surface area contributed by atoms with Gasteiger partial charge in [0.2, 0.25) is 0 Å². The van der Waals surface area contributed by atoms with Gasteiger partial charge in [-0.15, -0.1) is 5.10 Å². The van der Waals surface area contributed by atoms with Crippen molar-refractivity contribution < 1.29 is 19.1 Å². The van der Waals surface area contributed by atoms with Gasteiger partial charge in [0, 0.05) is 12.1 Å². The van der Waals surface area contributed by atoms with Crippen LogP contribution >= 0.6 is 11.6 Å². The van der Waals surface area contributed by atoms with Crippen molar-refractivity contribution in [3.8, 4) is 5.75 Å². The Hall–Kier alpha value is -3.46. The molecular weight excluding hydrogens is 398 g/mol. The van der Waals surface area contributed by atoms with Crippen LogP contribution in [0.25, 0.3) is 0 Å². The average Bonchev–Trinajstić information content (AvgIpc) is 3.26. The Morgan fingerprint density at radius 2 is 2.00 bits per heavy atom. The number of benzene rings is 2. The Morgan fingerprint density at radius 3 is 2.66 bits per heavy atom. The number of carbonyl (C=O) groups is 2. The molecule has 10 heteroatoms. The van der Waals surface area contributed by atoms with Gasteiger partial charge in [-0.25, -0.2) is 9.48 Å². The van der Waals surface area contributed by atoms with Crippen LogP contribution in [0.4, 0.5) is 5.69 Å². The summed E-state index contributed by atoms with van der Waals surface area (Å²) in [6, 6.07) is 13.4. The predicted molar refractivity (Wildman–Crippen MR) is 105 cm³/mol. The van der Waals surface area contributed by atoms with E-state index in [4.69, 9.17) is 21.1 Å². The number of hydrogen-bond donors (Lipinski definition) is 1. The van der Waals surface area contributed by atoms with E-state index in [9.17, 15) is 9.59 Å². The van der Waals surface area contributed by atoms with E-state index >= 15 is 0 Å². The SMILES string of the molecule is COc1ccc(NC(=O)COC(=O)[C@H](Cc2ccccc2)n2cnnn2)cc1Cl. The zero-order valence-corrected chi connectivity index (χ0v) is 16.2. The molecule has 0 aliphatic heterocycles. The molecule has 1 heterocycles. The molecule has 0 aliphatic carbocycles. The molecule has 2 aromatic carbocycles. The van der Waals surface area contributed by atoms with E-state index in [0.717, 1.165) is 5.56 Å². The fourth-order valence-corrected chi connectivity index (χ4v) is 2.87. The molecule has 0 bridgehead atoms. The first-order chi connectivity index (χ1) is 14.1. The lowest BCUT2D eigenvalue weighted by molar-refractivity contribution is -0.151. The smallest absolute Gasteiger partial charge is 0.331 e. The van der Waals surface area contributed by atoms with Gasteiger partial charge in [0.15, 0.2) is 12.6 Å². The predicted octanol–water partition coefficient (Wildman–Crippen LogP) is 2.30. The molecule has 0 spiro atoms. The van der Waals surface area contributed by atoms with E-state index in [1.54, 1.807) is 18.2 Å². The number of esters is 1. The van der Waals surface area contributed by atoms with E-state index in [2.05, 4.69) is 20.8 Å². The number of halogens is 1. The maximum absolute atomic E-state index is 12.6. The fraction of sp³-hybridized carbons (Fsp3) is 0.211. The van der Waals surface area contributed by atoms with Crippen LogP contribution in [0.2, 0.25) is 5.02 Å². The van der Waals surface area contributed by atoms with Gasteiger partial charge in [0.25, 0.3) is 5.91 Å². The van der Waals surface area contributed by atoms with E-state index in [1.807, 2.05) is 30.3 Å². The van der Waals surface area contributed by atoms with Crippen molar-refractivity contribution in [2.75, 3.05) is 19.0 Å². The Kier molecular flexibility index (Phi) is 6.75. The maximum Gasteiger partial charge on any atom is 0.331 e. The summed E-state index contributed by atoms with van der Waals surface area (Å²) in [5.41, 5.74) is 1.36. The molecule has 150 valence electrons. The van der Waals surface area contributed by atoms with Crippen LogP contribution in [0.1, 0.15) is 11.6 Å². The Bertz CT molecular complexity index is 966. The van der Waals surface area contributed by atoms with E-state index < -0.39 is 24.5 Å². The second-order valence-corrected chi connectivity index (χ2v) is 6.41. The minimum atomic E-state index is -0.796. The number of anilines is 1. The van der Waals surface area contributed by atoms with Crippen LogP contribution in [0.15, 0.2) is 54.9 Å². The van der Waals surface area contributed by atoms with E-state index in [1.165, 1.54) is 18.1 Å². The summed E-state index contributed by atoms with van der Waals surface area (Å²) in [6.45, 7) is -0.462. The zero-order chi connectivity index (χ0) is 20.6. The number of aromatic nitrogens is 4. The summed E-state index contributed by atoms with van der Waals surface area (Å²) in [5, 5.41) is 13.9. The van der Waals surface area contributed by atoms with Crippen molar-refractivity contribution in [1.29, 1.82) is 0 Å². The van der Waals surface area contributed by atoms with E-state index in [-0.39, 0.29) is 0 Å². The quantitative estimate of drug-likeness (QED) is 0.562. The number of nitrogens with one attached hydrogen (secondary N) is 1. The molecule has 0 saturated heterocycles. The molecule has 0 fully saturated rings. The number of methoxy groups -OCH3 is 1. The van der Waals surface area contributed by atoms with Gasteiger partial charge in [0.05, 0.1) is 12.1 Å². The number of hydrogen-bond acceptors (Lipinski definition) is 7. The van der Waals surface area contributed by atoms with Crippen LogP contribution in [0, 0.1) is 0 Å². The molecule has 3 aromatic rings. The van der Waals surface area contributed by atoms with Crippen molar-refractivity contribution in [3.63, 3.8) is 0 Å². The largest absolute Gasteiger partial charge is 0.495 e. The first-order valence-electron chi connectivity index (χ1n) is 8.63. The first kappa shape index (κ1) is 20.3. The van der Waals surface area contributed by atoms with Gasteiger partial charge in [-0.3, -0.25) is 4.79 Å². The minimum absolute atomic E-state index is 0.320. The standard InChI is InChI=1S/C19H18ClN5O4/c1-28-17-8-7-14(10-15(17)20)22-18(26)11-29-19(27)16(25-12-21-23-24-25)9-13-5-3-2-4-6-13/h2-8,10,12,16H,9,11H2,1H3,(H,22,26)/t16-/m0/s1. The molecule has 29 heavy (non-hydrogen) atoms. The highest BCUT2D eigenvalue weighted by molar-refractivity contribution is 6.32. The van der Waals surface area contributed by atoms with Crippen LogP contribution in [-0.4, -0.2) is 45.8 Å². The van der Waals surface area contributed by atoms with Gasteiger partial charge < -0.3 is 14.8 Å². The Morgan fingerprint density at radius 1 is 1.21 bits per heavy atom. The Labute approximate surface area is 171 Å². The molecule has 1 aromatic heterocycles. The van der Waals surface area contributed by atoms with Crippen molar-refractivity contribution in [1.82, 2.24) is 20.2 Å². The molecule has 1 N–H and O–H groups in total. The van der Waals surface area contributed by atoms with Crippen molar-refractivity contribution in [2.45, 2.75) is 12.5 Å². The Balaban J connectivity index is 1.60. The lowest BCUT2D eigenvalue weighted by atomic mass is 10.1. The monoisotopic (exact) mass is 415 g/mol. The fourth-order valence-electron chi connectivity index (χ4n) is 2.61. The van der Waals surface area contributed by atoms with Crippen molar-refractivity contribution in [3.05, 3.63) is 65.4 Å². The second-order valence-electron chi connectivity index (χ2n) is 6.00. The third-order valence-electron chi connectivity index (χ3n) is 4.01. The van der Waals surface area contributed by atoms with Crippen LogP contribution in [0.3, 0.4) is 0 Å². The number of carbonyl (C=O) groups excluding carboxylic acids is 2. The number of amides is 1. The summed E-state index contributed by atoms with van der Waals surface area (Å²) in [5.74, 6) is -0.639. The first-order valence-corrected chi connectivity index (χ1v) is 9.01. The zero-order valence-electron chi connectivity index (χ0n) is 15.5. The summed E-state index contributed by atoms with van der Waals surface area (Å²) in [6.07, 6.45) is 1.65. The number of tetrazole rings is 1. The van der Waals surface area contributed by atoms with Gasteiger partial charge >= 0.3 is 5.97 Å². The number of rotatable bonds is 8. The topological polar surface area (TPSA) is 108 Å². The lowest BCUT2D eigenvalue weighted by Gasteiger charge is -2.15. The lowest BCUT2D eigenvalue weighted by Crippen LogP contribution is -2.28. The van der Waals surface area contributed by atoms with Gasteiger partial charge in [-0.2, -0.15) is 0 Å². The maximum atomic E-state index is 12.6. The molecule has 9 nitrogen and oxygen atoms in total. The third kappa shape index (κ3) is 5.52. The van der Waals surface area contributed by atoms with Crippen LogP contribution in [-0.2, 0) is 20.7 Å². The van der Waals surface area contributed by atoms with Gasteiger partial charge in [0.1, 0.15) is 12.1 Å². The summed E-state index contributed by atoms with van der Waals surface area (Å²) in [7, 11) is 1.50. The third-order valence-corrected chi connectivity index (χ3v) is 4.30. The van der Waals surface area contributed by atoms with Crippen LogP contribution < -0.4 is 10.1 Å². The summed E-state index contributed by atoms with van der Waals surface area (Å²) < 4.78 is 11.5. The summed E-state index contributed by atoms with van der Waals surface area (Å²) in [4.78, 5) is 24.7. The molecule has 0 radical (unpaired) electrons. The minimum Gasteiger partial charge on any atom is -0.495 e. The molecule has 3 rings (SSSR count). The average molecular weight is 416 g/mol. The van der Waals surface area contributed by atoms with Crippen molar-refractivity contribution in [2.24, 2.45) is 0 Å². The van der Waals surface area contributed by atoms with Gasteiger partial charge in [-0.05, 0) is 34.2 Å². The summed E-state index contributed by atoms with van der Waals surface area (Å²) >= 11 is 6.03. The van der Waals surface area contributed by atoms with Crippen molar-refractivity contribution >= 4 is 29.2 Å². The molecule has 1 atom stereocenters. The normalized spacial score (nSPS) is 11.5. The van der Waals surface area contributed by atoms with Gasteiger partial charge in [-0.1, -0.05) is 41.9 Å². The molecule has 0 unspecified atom stereocenters. The second kappa shape index (κ2) is 9.65. The molecule has 0 aliphatic rings. The highest BCUT2D eigenvalue weighted by Crippen LogP contribution is 2.27.